The molecule has 0 fully saturated rings. The SMILES string of the molecule is O=C1c2cccc(C(F)(F)F)c2CN1c1cccc(CCc2nncs2)c1. The first kappa shape index (κ1) is 17.7. The van der Waals surface area contributed by atoms with Gasteiger partial charge in [-0.15, -0.1) is 21.5 Å². The Morgan fingerprint density at radius 1 is 1.11 bits per heavy atom. The van der Waals surface area contributed by atoms with Crippen molar-refractivity contribution in [1.29, 1.82) is 0 Å². The third-order valence-corrected chi connectivity index (χ3v) is 5.29. The third-order valence-electron chi connectivity index (χ3n) is 4.53. The molecule has 1 aliphatic rings. The Balaban J connectivity index is 1.59. The van der Waals surface area contributed by atoms with Crippen LogP contribution in [0.1, 0.15) is 32.1 Å². The molecule has 0 saturated carbocycles. The fourth-order valence-corrected chi connectivity index (χ4v) is 3.77. The zero-order chi connectivity index (χ0) is 19.0. The zero-order valence-corrected chi connectivity index (χ0v) is 14.8. The van der Waals surface area contributed by atoms with E-state index < -0.39 is 17.6 Å². The molecule has 4 nitrogen and oxygen atoms in total. The van der Waals surface area contributed by atoms with Crippen molar-refractivity contribution >= 4 is 22.9 Å². The van der Waals surface area contributed by atoms with Crippen LogP contribution in [0.5, 0.6) is 0 Å². The minimum atomic E-state index is -4.48. The number of amides is 1. The number of aryl methyl sites for hydroxylation is 2. The van der Waals surface area contributed by atoms with Crippen LogP contribution in [0, 0.1) is 0 Å². The van der Waals surface area contributed by atoms with Gasteiger partial charge >= 0.3 is 6.18 Å². The summed E-state index contributed by atoms with van der Waals surface area (Å²) in [6.45, 7) is -0.0797. The van der Waals surface area contributed by atoms with Gasteiger partial charge in [-0.2, -0.15) is 13.2 Å². The molecular formula is C19H14F3N3OS. The van der Waals surface area contributed by atoms with Gasteiger partial charge in [0.1, 0.15) is 10.5 Å². The molecule has 0 radical (unpaired) electrons. The van der Waals surface area contributed by atoms with E-state index in [0.717, 1.165) is 23.1 Å². The smallest absolute Gasteiger partial charge is 0.304 e. The van der Waals surface area contributed by atoms with E-state index in [2.05, 4.69) is 10.2 Å². The Kier molecular flexibility index (Phi) is 4.43. The number of rotatable bonds is 4. The molecule has 0 bridgehead atoms. The van der Waals surface area contributed by atoms with Gasteiger partial charge in [0.2, 0.25) is 0 Å². The maximum atomic E-state index is 13.3. The number of anilines is 1. The Morgan fingerprint density at radius 3 is 2.67 bits per heavy atom. The Morgan fingerprint density at radius 2 is 1.93 bits per heavy atom. The third kappa shape index (κ3) is 3.44. The van der Waals surface area contributed by atoms with Crippen molar-refractivity contribution in [3.05, 3.63) is 75.2 Å². The van der Waals surface area contributed by atoms with E-state index in [0.29, 0.717) is 12.1 Å². The van der Waals surface area contributed by atoms with Crippen LogP contribution in [0.25, 0.3) is 0 Å². The average Bonchev–Trinajstić information content (AvgIpc) is 3.27. The first-order valence-corrected chi connectivity index (χ1v) is 9.16. The van der Waals surface area contributed by atoms with Crippen LogP contribution < -0.4 is 4.90 Å². The molecule has 1 amide bonds. The van der Waals surface area contributed by atoms with Gasteiger partial charge in [0.15, 0.2) is 0 Å². The summed E-state index contributed by atoms with van der Waals surface area (Å²) in [6, 6.07) is 11.1. The molecule has 0 atom stereocenters. The van der Waals surface area contributed by atoms with Crippen LogP contribution in [0.4, 0.5) is 18.9 Å². The number of carbonyl (C=O) groups excluding carboxylic acids is 1. The number of hydrogen-bond acceptors (Lipinski definition) is 4. The normalized spacial score (nSPS) is 13.9. The van der Waals surface area contributed by atoms with Gasteiger partial charge in [-0.1, -0.05) is 18.2 Å². The molecule has 0 aliphatic carbocycles. The summed E-state index contributed by atoms with van der Waals surface area (Å²) >= 11 is 1.47. The van der Waals surface area contributed by atoms with Crippen LogP contribution in [0.3, 0.4) is 0 Å². The molecule has 8 heteroatoms. The number of nitrogens with zero attached hydrogens (tertiary/aromatic N) is 3. The number of halogens is 3. The largest absolute Gasteiger partial charge is 0.416 e. The summed E-state index contributed by atoms with van der Waals surface area (Å²) in [5, 5.41) is 8.72. The van der Waals surface area contributed by atoms with E-state index in [4.69, 9.17) is 0 Å². The molecule has 4 rings (SSSR count). The Hall–Kier alpha value is -2.74. The van der Waals surface area contributed by atoms with E-state index in [1.54, 1.807) is 11.6 Å². The van der Waals surface area contributed by atoms with Crippen molar-refractivity contribution in [2.45, 2.75) is 25.6 Å². The van der Waals surface area contributed by atoms with Gasteiger partial charge in [-0.3, -0.25) is 4.79 Å². The lowest BCUT2D eigenvalue weighted by atomic mass is 10.0. The van der Waals surface area contributed by atoms with Crippen LogP contribution in [0.2, 0.25) is 0 Å². The van der Waals surface area contributed by atoms with E-state index in [1.807, 2.05) is 18.2 Å². The first-order valence-electron chi connectivity index (χ1n) is 8.28. The van der Waals surface area contributed by atoms with E-state index in [-0.39, 0.29) is 17.7 Å². The predicted octanol–water partition coefficient (Wildman–Crippen LogP) is 4.50. The van der Waals surface area contributed by atoms with Crippen LogP contribution in [0.15, 0.2) is 48.0 Å². The topological polar surface area (TPSA) is 46.1 Å². The maximum absolute atomic E-state index is 13.3. The summed E-state index contributed by atoms with van der Waals surface area (Å²) in [5.74, 6) is -0.405. The first-order chi connectivity index (χ1) is 12.9. The summed E-state index contributed by atoms with van der Waals surface area (Å²) in [5.41, 5.74) is 2.66. The zero-order valence-electron chi connectivity index (χ0n) is 14.0. The second-order valence-electron chi connectivity index (χ2n) is 6.22. The number of fused-ring (bicyclic) bond motifs is 1. The number of aromatic nitrogens is 2. The van der Waals surface area contributed by atoms with E-state index >= 15 is 0 Å². The summed E-state index contributed by atoms with van der Waals surface area (Å²) < 4.78 is 39.8. The molecule has 0 spiro atoms. The van der Waals surface area contributed by atoms with Crippen molar-refractivity contribution in [2.24, 2.45) is 0 Å². The Labute approximate surface area is 157 Å². The molecule has 3 aromatic rings. The van der Waals surface area contributed by atoms with Crippen LogP contribution >= 0.6 is 11.3 Å². The fraction of sp³-hybridized carbons (Fsp3) is 0.211. The van der Waals surface area contributed by atoms with Crippen molar-refractivity contribution in [3.8, 4) is 0 Å². The molecule has 27 heavy (non-hydrogen) atoms. The minimum Gasteiger partial charge on any atom is -0.304 e. The molecule has 1 aliphatic heterocycles. The molecule has 2 heterocycles. The summed E-state index contributed by atoms with van der Waals surface area (Å²) in [4.78, 5) is 14.1. The van der Waals surface area contributed by atoms with Gasteiger partial charge in [-0.05, 0) is 41.8 Å². The second-order valence-corrected chi connectivity index (χ2v) is 7.14. The maximum Gasteiger partial charge on any atom is 0.416 e. The molecular weight excluding hydrogens is 375 g/mol. The standard InChI is InChI=1S/C19H14F3N3OS/c20-19(21,22)16-6-2-5-14-15(16)10-25(18(14)26)13-4-1-3-12(9-13)7-8-17-24-23-11-27-17/h1-6,9,11H,7-8,10H2. The molecule has 138 valence electrons. The van der Waals surface area contributed by atoms with Gasteiger partial charge in [0.05, 0.1) is 12.1 Å². The van der Waals surface area contributed by atoms with Crippen molar-refractivity contribution in [3.63, 3.8) is 0 Å². The van der Waals surface area contributed by atoms with Gasteiger partial charge in [0.25, 0.3) is 5.91 Å². The second kappa shape index (κ2) is 6.77. The number of hydrogen-bond donors (Lipinski definition) is 0. The monoisotopic (exact) mass is 389 g/mol. The fourth-order valence-electron chi connectivity index (χ4n) is 3.24. The Bertz CT molecular complexity index is 986. The molecule has 0 saturated heterocycles. The quantitative estimate of drug-likeness (QED) is 0.660. The van der Waals surface area contributed by atoms with Crippen molar-refractivity contribution in [1.82, 2.24) is 10.2 Å². The molecule has 0 unspecified atom stereocenters. The van der Waals surface area contributed by atoms with Crippen molar-refractivity contribution in [2.75, 3.05) is 4.90 Å². The minimum absolute atomic E-state index is 0.0364. The number of benzene rings is 2. The summed E-state index contributed by atoms with van der Waals surface area (Å²) in [6.07, 6.45) is -3.04. The van der Waals surface area contributed by atoms with Gasteiger partial charge < -0.3 is 4.90 Å². The highest BCUT2D eigenvalue weighted by Gasteiger charge is 2.39. The van der Waals surface area contributed by atoms with Gasteiger partial charge in [-0.25, -0.2) is 0 Å². The molecule has 1 aromatic heterocycles. The lowest BCUT2D eigenvalue weighted by Gasteiger charge is -2.17. The van der Waals surface area contributed by atoms with Crippen LogP contribution in [-0.4, -0.2) is 16.1 Å². The van der Waals surface area contributed by atoms with E-state index in [9.17, 15) is 18.0 Å². The average molecular weight is 389 g/mol. The number of carbonyl (C=O) groups is 1. The van der Waals surface area contributed by atoms with Crippen LogP contribution in [-0.2, 0) is 25.6 Å². The number of alkyl halides is 3. The lowest BCUT2D eigenvalue weighted by molar-refractivity contribution is -0.138. The summed E-state index contributed by atoms with van der Waals surface area (Å²) in [7, 11) is 0. The van der Waals surface area contributed by atoms with E-state index in [1.165, 1.54) is 28.4 Å². The van der Waals surface area contributed by atoms with Crippen molar-refractivity contribution < 1.29 is 18.0 Å². The predicted molar refractivity (Wildman–Crippen MR) is 95.7 cm³/mol. The lowest BCUT2D eigenvalue weighted by Crippen LogP contribution is -2.23. The highest BCUT2D eigenvalue weighted by Crippen LogP contribution is 2.38. The molecule has 0 N–H and O–H groups in total. The van der Waals surface area contributed by atoms with Gasteiger partial charge in [0, 0.05) is 17.7 Å². The highest BCUT2D eigenvalue weighted by molar-refractivity contribution is 7.09. The molecule has 2 aromatic carbocycles. The highest BCUT2D eigenvalue weighted by atomic mass is 32.1.